The van der Waals surface area contributed by atoms with Gasteiger partial charge in [-0.3, -0.25) is 4.90 Å². The molecule has 0 aromatic carbocycles. The van der Waals surface area contributed by atoms with E-state index < -0.39 is 0 Å². The Balaban J connectivity index is 1.54. The monoisotopic (exact) mass is 279 g/mol. The second-order valence-corrected chi connectivity index (χ2v) is 5.19. The highest BCUT2D eigenvalue weighted by Crippen LogP contribution is 2.08. The molecule has 6 heteroatoms. The quantitative estimate of drug-likeness (QED) is 0.732. The molecule has 1 aromatic heterocycles. The first-order valence-electron chi connectivity index (χ1n) is 7.39. The smallest absolute Gasteiger partial charge is 0.222 e. The minimum atomic E-state index is 0.333. The van der Waals surface area contributed by atoms with Gasteiger partial charge in [0.15, 0.2) is 0 Å². The van der Waals surface area contributed by atoms with Crippen LogP contribution in [0.3, 0.4) is 0 Å². The Morgan fingerprint density at radius 3 is 2.80 bits per heavy atom. The van der Waals surface area contributed by atoms with Crippen LogP contribution in [0.25, 0.3) is 0 Å². The molecule has 0 unspecified atom stereocenters. The fourth-order valence-corrected chi connectivity index (χ4v) is 2.36. The van der Waals surface area contributed by atoms with Gasteiger partial charge in [0.2, 0.25) is 5.95 Å². The Labute approximate surface area is 120 Å². The van der Waals surface area contributed by atoms with E-state index >= 15 is 0 Å². The fraction of sp³-hybridized carbons (Fsp3) is 0.714. The van der Waals surface area contributed by atoms with Crippen LogP contribution in [0.1, 0.15) is 25.0 Å². The Morgan fingerprint density at radius 1 is 1.25 bits per heavy atom. The molecule has 0 amide bonds. The van der Waals surface area contributed by atoms with Gasteiger partial charge in [0.1, 0.15) is 5.82 Å². The molecule has 0 atom stereocenters. The summed E-state index contributed by atoms with van der Waals surface area (Å²) in [7, 11) is 0. The second kappa shape index (κ2) is 8.01. The van der Waals surface area contributed by atoms with Gasteiger partial charge >= 0.3 is 0 Å². The average Bonchev–Trinajstić information content (AvgIpc) is 2.43. The van der Waals surface area contributed by atoms with Crippen molar-refractivity contribution in [3.8, 4) is 0 Å². The van der Waals surface area contributed by atoms with Gasteiger partial charge in [0.05, 0.1) is 13.2 Å². The van der Waals surface area contributed by atoms with Gasteiger partial charge in [-0.25, -0.2) is 4.98 Å². The number of nitrogens with two attached hydrogens (primary N) is 1. The Kier molecular flexibility index (Phi) is 6.01. The van der Waals surface area contributed by atoms with Gasteiger partial charge in [-0.2, -0.15) is 4.98 Å². The van der Waals surface area contributed by atoms with Crippen LogP contribution in [0, 0.1) is 6.92 Å². The molecular formula is C14H25N5O. The van der Waals surface area contributed by atoms with Gasteiger partial charge in [0.25, 0.3) is 0 Å². The summed E-state index contributed by atoms with van der Waals surface area (Å²) in [6.07, 6.45) is 3.61. The number of hydrogen-bond acceptors (Lipinski definition) is 6. The number of nitrogens with zero attached hydrogens (tertiary/aromatic N) is 3. The lowest BCUT2D eigenvalue weighted by Gasteiger charge is -2.26. The third-order valence-corrected chi connectivity index (χ3v) is 3.43. The number of ether oxygens (including phenoxy) is 1. The van der Waals surface area contributed by atoms with Crippen LogP contribution in [0.2, 0.25) is 0 Å². The summed E-state index contributed by atoms with van der Waals surface area (Å²) in [6, 6.07) is 1.92. The van der Waals surface area contributed by atoms with Crippen LogP contribution in [0.15, 0.2) is 6.07 Å². The normalized spacial score (nSPS) is 16.2. The third-order valence-electron chi connectivity index (χ3n) is 3.43. The Hall–Kier alpha value is -1.40. The molecule has 20 heavy (non-hydrogen) atoms. The largest absolute Gasteiger partial charge is 0.379 e. The molecule has 3 N–H and O–H groups in total. The van der Waals surface area contributed by atoms with Crippen LogP contribution in [0.5, 0.6) is 0 Å². The van der Waals surface area contributed by atoms with Crippen molar-refractivity contribution in [3.05, 3.63) is 11.8 Å². The van der Waals surface area contributed by atoms with Crippen molar-refractivity contribution in [2.75, 3.05) is 50.4 Å². The predicted octanol–water partition coefficient (Wildman–Crippen LogP) is 1.28. The summed E-state index contributed by atoms with van der Waals surface area (Å²) >= 11 is 0. The molecule has 0 radical (unpaired) electrons. The number of aryl methyl sites for hydroxylation is 1. The van der Waals surface area contributed by atoms with Crippen molar-refractivity contribution >= 4 is 11.8 Å². The minimum Gasteiger partial charge on any atom is -0.379 e. The maximum atomic E-state index is 5.62. The van der Waals surface area contributed by atoms with E-state index in [0.717, 1.165) is 50.8 Å². The van der Waals surface area contributed by atoms with E-state index in [2.05, 4.69) is 20.2 Å². The van der Waals surface area contributed by atoms with E-state index in [-0.39, 0.29) is 0 Å². The number of nitrogen functional groups attached to an aromatic ring is 1. The number of anilines is 2. The SMILES string of the molecule is Cc1cc(NCCCCCN2CCOCC2)nc(N)n1. The first kappa shape index (κ1) is 15.0. The zero-order valence-electron chi connectivity index (χ0n) is 12.3. The zero-order valence-corrected chi connectivity index (χ0v) is 12.3. The Bertz CT molecular complexity index is 386. The standard InChI is InChI=1S/C14H25N5O/c1-12-11-13(18-14(15)17-12)16-5-3-2-4-6-19-7-9-20-10-8-19/h11H,2-10H2,1H3,(H3,15,16,17,18). The van der Waals surface area contributed by atoms with Gasteiger partial charge in [-0.05, 0) is 26.3 Å². The first-order chi connectivity index (χ1) is 9.74. The summed E-state index contributed by atoms with van der Waals surface area (Å²) in [5.74, 6) is 1.16. The van der Waals surface area contributed by atoms with Crippen molar-refractivity contribution in [1.29, 1.82) is 0 Å². The van der Waals surface area contributed by atoms with Crippen molar-refractivity contribution < 1.29 is 4.74 Å². The molecule has 112 valence electrons. The zero-order chi connectivity index (χ0) is 14.2. The molecule has 1 aromatic rings. The maximum Gasteiger partial charge on any atom is 0.222 e. The molecule has 0 saturated carbocycles. The summed E-state index contributed by atoms with van der Waals surface area (Å²) in [6.45, 7) is 7.97. The van der Waals surface area contributed by atoms with E-state index in [1.807, 2.05) is 13.0 Å². The van der Waals surface area contributed by atoms with Crippen LogP contribution >= 0.6 is 0 Å². The molecule has 1 aliphatic rings. The lowest BCUT2D eigenvalue weighted by Crippen LogP contribution is -2.36. The Morgan fingerprint density at radius 2 is 2.05 bits per heavy atom. The minimum absolute atomic E-state index is 0.333. The first-order valence-corrected chi connectivity index (χ1v) is 7.39. The molecule has 1 aliphatic heterocycles. The topological polar surface area (TPSA) is 76.3 Å². The fourth-order valence-electron chi connectivity index (χ4n) is 2.36. The second-order valence-electron chi connectivity index (χ2n) is 5.19. The molecule has 0 aliphatic carbocycles. The summed E-state index contributed by atoms with van der Waals surface area (Å²) < 4.78 is 5.34. The van der Waals surface area contributed by atoms with Crippen LogP contribution in [-0.2, 0) is 4.74 Å². The number of rotatable bonds is 7. The lowest BCUT2D eigenvalue weighted by molar-refractivity contribution is 0.0372. The number of morpholine rings is 1. The number of aromatic nitrogens is 2. The van der Waals surface area contributed by atoms with Crippen LogP contribution < -0.4 is 11.1 Å². The molecule has 2 heterocycles. The maximum absolute atomic E-state index is 5.62. The van der Waals surface area contributed by atoms with Gasteiger partial charge in [-0.15, -0.1) is 0 Å². The van der Waals surface area contributed by atoms with Crippen molar-refractivity contribution in [1.82, 2.24) is 14.9 Å². The molecule has 0 spiro atoms. The summed E-state index contributed by atoms with van der Waals surface area (Å²) in [5.41, 5.74) is 6.51. The number of nitrogens with one attached hydrogen (secondary N) is 1. The highest BCUT2D eigenvalue weighted by Gasteiger charge is 2.08. The van der Waals surface area contributed by atoms with Gasteiger partial charge < -0.3 is 15.8 Å². The van der Waals surface area contributed by atoms with Crippen molar-refractivity contribution in [2.45, 2.75) is 26.2 Å². The van der Waals surface area contributed by atoms with E-state index in [1.165, 1.54) is 19.4 Å². The number of unbranched alkanes of at least 4 members (excludes halogenated alkanes) is 2. The van der Waals surface area contributed by atoms with E-state index in [0.29, 0.717) is 5.95 Å². The molecular weight excluding hydrogens is 254 g/mol. The van der Waals surface area contributed by atoms with Crippen LogP contribution in [0.4, 0.5) is 11.8 Å². The van der Waals surface area contributed by atoms with E-state index in [9.17, 15) is 0 Å². The molecule has 1 fully saturated rings. The average molecular weight is 279 g/mol. The van der Waals surface area contributed by atoms with E-state index in [4.69, 9.17) is 10.5 Å². The highest BCUT2D eigenvalue weighted by molar-refractivity contribution is 5.39. The van der Waals surface area contributed by atoms with Crippen LogP contribution in [-0.4, -0.2) is 54.3 Å². The predicted molar refractivity (Wildman–Crippen MR) is 80.8 cm³/mol. The number of hydrogen-bond donors (Lipinski definition) is 2. The lowest BCUT2D eigenvalue weighted by atomic mass is 10.2. The molecule has 1 saturated heterocycles. The van der Waals surface area contributed by atoms with Crippen molar-refractivity contribution in [3.63, 3.8) is 0 Å². The third kappa shape index (κ3) is 5.30. The summed E-state index contributed by atoms with van der Waals surface area (Å²) in [4.78, 5) is 10.7. The molecule has 6 nitrogen and oxygen atoms in total. The van der Waals surface area contributed by atoms with Gasteiger partial charge in [0, 0.05) is 31.4 Å². The molecule has 2 rings (SSSR count). The summed E-state index contributed by atoms with van der Waals surface area (Å²) in [5, 5.41) is 3.30. The van der Waals surface area contributed by atoms with Crippen molar-refractivity contribution in [2.24, 2.45) is 0 Å². The van der Waals surface area contributed by atoms with Gasteiger partial charge in [-0.1, -0.05) is 6.42 Å². The highest BCUT2D eigenvalue weighted by atomic mass is 16.5. The molecule has 0 bridgehead atoms. The van der Waals surface area contributed by atoms with E-state index in [1.54, 1.807) is 0 Å².